The molecule has 0 fully saturated rings. The molecule has 3 aromatic carbocycles. The standard InChI is InChI=1S/2C10H9O2.C7H8O3.Ti/c2*1-8(11)7-10(12)9-5-3-2-4-6-9;1-10-6-4-2-3-5(8)7(6)9;/h2*2-7H,1H3;2-4,8-9H,1H3;/q2*-1;;+4/p-2. The van der Waals surface area contributed by atoms with Gasteiger partial charge in [0.05, 0.1) is 18.7 Å². The Balaban J connectivity index is 0.000000491. The molecule has 35 heavy (non-hydrogen) atoms. The maximum absolute atomic E-state index is 11.2. The molecule has 0 atom stereocenters. The summed E-state index contributed by atoms with van der Waals surface area (Å²) in [4.78, 5) is 43.5. The fraction of sp³-hybridized carbons (Fsp3) is 0.111. The van der Waals surface area contributed by atoms with Crippen LogP contribution in [0.5, 0.6) is 17.2 Å². The van der Waals surface area contributed by atoms with Crippen LogP contribution in [-0.2, 0) is 31.3 Å². The average Bonchev–Trinajstić information content (AvgIpc) is 2.82. The summed E-state index contributed by atoms with van der Waals surface area (Å²) in [5.41, 5.74) is 1.10. The van der Waals surface area contributed by atoms with Gasteiger partial charge in [0.15, 0.2) is 0 Å². The maximum atomic E-state index is 11.2. The molecule has 0 aliphatic heterocycles. The van der Waals surface area contributed by atoms with E-state index in [9.17, 15) is 29.4 Å². The zero-order chi connectivity index (χ0) is 25.5. The van der Waals surface area contributed by atoms with Crippen molar-refractivity contribution >= 4 is 23.1 Å². The minimum Gasteiger partial charge on any atom is -0.873 e. The SMILES string of the molecule is CC(=O)[CH-]C(=O)c1ccccc1.CC(=O)[CH-]C(=O)c1ccccc1.COc1cccc([O-])c1[O-].[Ti+4]. The summed E-state index contributed by atoms with van der Waals surface area (Å²) in [7, 11) is 1.36. The van der Waals surface area contributed by atoms with Gasteiger partial charge in [-0.1, -0.05) is 54.3 Å². The second kappa shape index (κ2) is 16.8. The molecule has 7 nitrogen and oxygen atoms in total. The Morgan fingerprint density at radius 1 is 0.657 bits per heavy atom. The number of carbonyl (C=O) groups excluding carboxylic acids is 4. The fourth-order valence-corrected chi connectivity index (χ4v) is 2.40. The molecule has 0 aliphatic carbocycles. The third kappa shape index (κ3) is 12.3. The van der Waals surface area contributed by atoms with Gasteiger partial charge in [0.1, 0.15) is 5.75 Å². The summed E-state index contributed by atoms with van der Waals surface area (Å²) >= 11 is 0. The van der Waals surface area contributed by atoms with E-state index >= 15 is 0 Å². The van der Waals surface area contributed by atoms with Crippen LogP contribution < -0.4 is 14.9 Å². The van der Waals surface area contributed by atoms with Crippen molar-refractivity contribution in [3.8, 4) is 17.2 Å². The number of ether oxygens (including phenoxy) is 1. The van der Waals surface area contributed by atoms with Crippen LogP contribution in [0.4, 0.5) is 0 Å². The summed E-state index contributed by atoms with van der Waals surface area (Å²) in [5.74, 6) is -1.91. The van der Waals surface area contributed by atoms with Crippen LogP contribution in [0.3, 0.4) is 0 Å². The Morgan fingerprint density at radius 3 is 1.37 bits per heavy atom. The van der Waals surface area contributed by atoms with Crippen LogP contribution in [0.2, 0.25) is 0 Å². The summed E-state index contributed by atoms with van der Waals surface area (Å²) in [6.07, 6.45) is 2.19. The van der Waals surface area contributed by atoms with Gasteiger partial charge >= 0.3 is 21.7 Å². The quantitative estimate of drug-likeness (QED) is 0.208. The molecule has 0 amide bonds. The van der Waals surface area contributed by atoms with E-state index in [1.54, 1.807) is 48.5 Å². The molecule has 0 saturated heterocycles. The van der Waals surface area contributed by atoms with Crippen molar-refractivity contribution < 1.29 is 55.8 Å². The largest absolute Gasteiger partial charge is 4.00 e. The van der Waals surface area contributed by atoms with Gasteiger partial charge in [0.25, 0.3) is 0 Å². The van der Waals surface area contributed by atoms with E-state index < -0.39 is 11.5 Å². The van der Waals surface area contributed by atoms with Gasteiger partial charge in [0, 0.05) is 11.6 Å². The predicted octanol–water partition coefficient (Wildman–Crippen LogP) is 3.17. The summed E-state index contributed by atoms with van der Waals surface area (Å²) in [5, 5.41) is 21.4. The molecule has 8 heteroatoms. The molecule has 0 saturated carbocycles. The Hall–Kier alpha value is -3.81. The van der Waals surface area contributed by atoms with E-state index in [0.29, 0.717) is 11.1 Å². The first-order valence-corrected chi connectivity index (χ1v) is 10.1. The molecule has 0 radical (unpaired) electrons. The van der Waals surface area contributed by atoms with Crippen LogP contribution in [0.1, 0.15) is 34.6 Å². The monoisotopic (exact) mass is 508 g/mol. The molecule has 178 valence electrons. The minimum atomic E-state index is -0.579. The molecule has 0 N–H and O–H groups in total. The third-order valence-electron chi connectivity index (χ3n) is 3.95. The molecule has 0 bridgehead atoms. The molecule has 3 aromatic rings. The Kier molecular flexibility index (Phi) is 14.9. The molecule has 3 rings (SSSR count). The van der Waals surface area contributed by atoms with Crippen molar-refractivity contribution in [1.29, 1.82) is 0 Å². The van der Waals surface area contributed by atoms with E-state index in [-0.39, 0.29) is 50.6 Å². The summed E-state index contributed by atoms with van der Waals surface area (Å²) in [6.45, 7) is 2.72. The van der Waals surface area contributed by atoms with Crippen molar-refractivity contribution in [3.05, 3.63) is 103 Å². The van der Waals surface area contributed by atoms with E-state index in [1.165, 1.54) is 39.2 Å². The fourth-order valence-electron chi connectivity index (χ4n) is 2.40. The van der Waals surface area contributed by atoms with Crippen LogP contribution in [0.25, 0.3) is 0 Å². The first-order valence-electron chi connectivity index (χ1n) is 10.1. The second-order valence-corrected chi connectivity index (χ2v) is 6.76. The van der Waals surface area contributed by atoms with Crippen molar-refractivity contribution in [2.45, 2.75) is 13.8 Å². The number of para-hydroxylation sites is 1. The molecule has 0 unspecified atom stereocenters. The Bertz CT molecular complexity index is 1030. The molecule has 0 heterocycles. The minimum absolute atomic E-state index is 0. The smallest absolute Gasteiger partial charge is 0.873 e. The normalized spacial score (nSPS) is 8.89. The van der Waals surface area contributed by atoms with Crippen LogP contribution >= 0.6 is 0 Å². The van der Waals surface area contributed by atoms with Gasteiger partial charge in [-0.3, -0.25) is 0 Å². The number of hydrogen-bond donors (Lipinski definition) is 0. The summed E-state index contributed by atoms with van der Waals surface area (Å²) in [6, 6.07) is 21.6. The average molecular weight is 508 g/mol. The van der Waals surface area contributed by atoms with Crippen LogP contribution in [0, 0.1) is 12.8 Å². The van der Waals surface area contributed by atoms with E-state index in [2.05, 4.69) is 4.74 Å². The van der Waals surface area contributed by atoms with Gasteiger partial charge in [-0.25, -0.2) is 0 Å². The van der Waals surface area contributed by atoms with Gasteiger partial charge in [0.2, 0.25) is 0 Å². The van der Waals surface area contributed by atoms with Crippen molar-refractivity contribution in [1.82, 2.24) is 0 Å². The number of carbonyl (C=O) groups is 4. The first-order chi connectivity index (χ1) is 16.1. The van der Waals surface area contributed by atoms with E-state index in [1.807, 2.05) is 12.1 Å². The van der Waals surface area contributed by atoms with Crippen molar-refractivity contribution in [2.24, 2.45) is 0 Å². The molecular weight excluding hydrogens is 484 g/mol. The maximum Gasteiger partial charge on any atom is 4.00 e. The van der Waals surface area contributed by atoms with Crippen LogP contribution in [-0.4, -0.2) is 30.2 Å². The zero-order valence-electron chi connectivity index (χ0n) is 19.5. The number of benzene rings is 3. The van der Waals surface area contributed by atoms with Gasteiger partial charge < -0.3 is 34.1 Å². The topological polar surface area (TPSA) is 124 Å². The number of hydrogen-bond acceptors (Lipinski definition) is 7. The second-order valence-electron chi connectivity index (χ2n) is 6.76. The van der Waals surface area contributed by atoms with Crippen LogP contribution in [0.15, 0.2) is 78.9 Å². The van der Waals surface area contributed by atoms with Gasteiger partial charge in [-0.05, 0) is 19.9 Å². The van der Waals surface area contributed by atoms with Gasteiger partial charge in [-0.15, -0.1) is 54.0 Å². The van der Waals surface area contributed by atoms with E-state index in [4.69, 9.17) is 0 Å². The summed E-state index contributed by atoms with van der Waals surface area (Å²) < 4.78 is 4.61. The predicted molar refractivity (Wildman–Crippen MR) is 123 cm³/mol. The number of ketones is 4. The molecule has 0 spiro atoms. The number of methoxy groups -OCH3 is 1. The number of Topliss-reactive ketones (excluding diaryl/α,β-unsaturated/α-hetero) is 4. The van der Waals surface area contributed by atoms with Crippen molar-refractivity contribution in [2.75, 3.05) is 7.11 Å². The third-order valence-corrected chi connectivity index (χ3v) is 3.95. The molecular formula is C27H24O7Ti. The van der Waals surface area contributed by atoms with E-state index in [0.717, 1.165) is 12.8 Å². The Labute approximate surface area is 219 Å². The first kappa shape index (κ1) is 31.2. The number of rotatable bonds is 7. The zero-order valence-corrected chi connectivity index (χ0v) is 21.1. The molecule has 0 aliphatic rings. The van der Waals surface area contributed by atoms with Crippen molar-refractivity contribution in [3.63, 3.8) is 0 Å². The Morgan fingerprint density at radius 2 is 1.06 bits per heavy atom. The van der Waals surface area contributed by atoms with Gasteiger partial charge in [-0.2, -0.15) is 0 Å². The molecule has 0 aromatic heterocycles.